The van der Waals surface area contributed by atoms with Crippen molar-refractivity contribution < 1.29 is 9.84 Å². The molecule has 1 aliphatic carbocycles. The Hall–Kier alpha value is -1.40. The molecule has 1 aliphatic rings. The van der Waals surface area contributed by atoms with Gasteiger partial charge < -0.3 is 20.5 Å². The molecule has 3 N–H and O–H groups in total. The zero-order valence-corrected chi connectivity index (χ0v) is 15.4. The van der Waals surface area contributed by atoms with Crippen LogP contribution >= 0.6 is 11.8 Å². The van der Waals surface area contributed by atoms with E-state index >= 15 is 0 Å². The van der Waals surface area contributed by atoms with E-state index in [0.717, 1.165) is 36.8 Å². The fourth-order valence-electron chi connectivity index (χ4n) is 2.63. The first kappa shape index (κ1) is 18.9. The van der Waals surface area contributed by atoms with E-state index in [9.17, 15) is 5.11 Å². The van der Waals surface area contributed by atoms with Crippen LogP contribution in [0.2, 0.25) is 0 Å². The van der Waals surface area contributed by atoms with E-state index in [1.54, 1.807) is 0 Å². The lowest BCUT2D eigenvalue weighted by atomic mass is 9.79. The van der Waals surface area contributed by atoms with Gasteiger partial charge in [-0.1, -0.05) is 25.1 Å². The van der Waals surface area contributed by atoms with E-state index in [-0.39, 0.29) is 0 Å². The highest BCUT2D eigenvalue weighted by Gasteiger charge is 2.45. The van der Waals surface area contributed by atoms with Crippen molar-refractivity contribution in [3.63, 3.8) is 0 Å². The molecule has 24 heavy (non-hydrogen) atoms. The highest BCUT2D eigenvalue weighted by Crippen LogP contribution is 2.41. The molecular formula is C18H29N3O2S. The van der Waals surface area contributed by atoms with Gasteiger partial charge in [-0.25, -0.2) is 0 Å². The summed E-state index contributed by atoms with van der Waals surface area (Å²) < 4.78 is 5.66. The molecule has 0 radical (unpaired) electrons. The Kier molecular flexibility index (Phi) is 7.72. The number of benzene rings is 1. The van der Waals surface area contributed by atoms with Crippen molar-refractivity contribution in [1.29, 1.82) is 0 Å². The summed E-state index contributed by atoms with van der Waals surface area (Å²) in [4.78, 5) is 4.56. The molecule has 0 aliphatic heterocycles. The zero-order chi connectivity index (χ0) is 17.3. The van der Waals surface area contributed by atoms with Crippen molar-refractivity contribution in [2.75, 3.05) is 32.0 Å². The molecule has 1 fully saturated rings. The van der Waals surface area contributed by atoms with Crippen LogP contribution in [-0.4, -0.2) is 53.9 Å². The molecule has 1 aromatic rings. The Morgan fingerprint density at radius 3 is 2.75 bits per heavy atom. The van der Waals surface area contributed by atoms with E-state index in [1.807, 2.05) is 49.0 Å². The molecular weight excluding hydrogens is 322 g/mol. The first-order chi connectivity index (χ1) is 11.7. The minimum atomic E-state index is -0.649. The number of rotatable bonds is 9. The average Bonchev–Trinajstić information content (AvgIpc) is 2.60. The predicted molar refractivity (Wildman–Crippen MR) is 102 cm³/mol. The summed E-state index contributed by atoms with van der Waals surface area (Å²) >= 11 is 1.83. The second-order valence-corrected chi connectivity index (χ2v) is 7.35. The standard InChI is InChI=1S/C18H29N3O2S/c1-3-19-17(20-12-13-23-15-8-6-5-7-9-15)21-14-18(22)11-10-16(18)24-4-2/h5-9,16,22H,3-4,10-14H2,1-2H3,(H2,19,20,21). The number of nitrogens with one attached hydrogen (secondary N) is 2. The van der Waals surface area contributed by atoms with Crippen LogP contribution in [0.3, 0.4) is 0 Å². The molecule has 0 saturated heterocycles. The highest BCUT2D eigenvalue weighted by molar-refractivity contribution is 8.00. The number of thioether (sulfide) groups is 1. The van der Waals surface area contributed by atoms with Gasteiger partial charge in [-0.15, -0.1) is 0 Å². The first-order valence-electron chi connectivity index (χ1n) is 8.72. The third-order valence-electron chi connectivity index (χ3n) is 4.07. The first-order valence-corrected chi connectivity index (χ1v) is 9.77. The molecule has 1 aromatic carbocycles. The van der Waals surface area contributed by atoms with Crippen molar-refractivity contribution in [1.82, 2.24) is 10.6 Å². The lowest BCUT2D eigenvalue weighted by Gasteiger charge is -2.44. The Morgan fingerprint density at radius 1 is 1.33 bits per heavy atom. The predicted octanol–water partition coefficient (Wildman–Crippen LogP) is 2.27. The second kappa shape index (κ2) is 9.79. The van der Waals surface area contributed by atoms with Gasteiger partial charge in [0.1, 0.15) is 12.4 Å². The van der Waals surface area contributed by atoms with E-state index in [4.69, 9.17) is 4.74 Å². The molecule has 0 spiro atoms. The van der Waals surface area contributed by atoms with Crippen LogP contribution in [0.1, 0.15) is 26.7 Å². The smallest absolute Gasteiger partial charge is 0.191 e. The summed E-state index contributed by atoms with van der Waals surface area (Å²) in [6, 6.07) is 9.76. The molecule has 2 rings (SSSR count). The summed E-state index contributed by atoms with van der Waals surface area (Å²) in [7, 11) is 0. The Labute approximate surface area is 149 Å². The lowest BCUT2D eigenvalue weighted by Crippen LogP contribution is -2.53. The van der Waals surface area contributed by atoms with Gasteiger partial charge in [0.15, 0.2) is 5.96 Å². The summed E-state index contributed by atoms with van der Waals surface area (Å²) in [6.45, 7) is 6.62. The van der Waals surface area contributed by atoms with Crippen LogP contribution in [0, 0.1) is 0 Å². The van der Waals surface area contributed by atoms with E-state index in [2.05, 4.69) is 22.5 Å². The number of guanidine groups is 1. The number of aliphatic imine (C=N–C) groups is 1. The Bertz CT molecular complexity index is 512. The van der Waals surface area contributed by atoms with E-state index in [0.29, 0.717) is 24.9 Å². The maximum Gasteiger partial charge on any atom is 0.191 e. The molecule has 0 bridgehead atoms. The third-order valence-corrected chi connectivity index (χ3v) is 5.48. The summed E-state index contributed by atoms with van der Waals surface area (Å²) in [5.41, 5.74) is -0.649. The number of ether oxygens (including phenoxy) is 1. The quantitative estimate of drug-likeness (QED) is 0.362. The second-order valence-electron chi connectivity index (χ2n) is 5.87. The minimum Gasteiger partial charge on any atom is -0.492 e. The van der Waals surface area contributed by atoms with Gasteiger partial charge in [0.25, 0.3) is 0 Å². The van der Waals surface area contributed by atoms with Crippen molar-refractivity contribution in [2.24, 2.45) is 4.99 Å². The van der Waals surface area contributed by atoms with Crippen LogP contribution in [0.4, 0.5) is 0 Å². The average molecular weight is 352 g/mol. The molecule has 2 atom stereocenters. The van der Waals surface area contributed by atoms with Crippen LogP contribution in [0.25, 0.3) is 0 Å². The van der Waals surface area contributed by atoms with E-state index in [1.165, 1.54) is 0 Å². The summed E-state index contributed by atoms with van der Waals surface area (Å²) in [6.07, 6.45) is 1.92. The number of nitrogens with zero attached hydrogens (tertiary/aromatic N) is 1. The largest absolute Gasteiger partial charge is 0.492 e. The van der Waals surface area contributed by atoms with Crippen molar-refractivity contribution in [2.45, 2.75) is 37.5 Å². The van der Waals surface area contributed by atoms with Gasteiger partial charge in [0, 0.05) is 11.8 Å². The molecule has 1 saturated carbocycles. The molecule has 5 nitrogen and oxygen atoms in total. The number of hydrogen-bond acceptors (Lipinski definition) is 4. The minimum absolute atomic E-state index is 0.315. The molecule has 0 heterocycles. The van der Waals surface area contributed by atoms with Gasteiger partial charge in [0.05, 0.1) is 18.7 Å². The maximum atomic E-state index is 10.6. The van der Waals surface area contributed by atoms with Gasteiger partial charge in [-0.05, 0) is 37.7 Å². The van der Waals surface area contributed by atoms with Gasteiger partial charge >= 0.3 is 0 Å². The molecule has 0 amide bonds. The van der Waals surface area contributed by atoms with Crippen molar-refractivity contribution in [3.8, 4) is 5.75 Å². The molecule has 0 aromatic heterocycles. The molecule has 6 heteroatoms. The zero-order valence-electron chi connectivity index (χ0n) is 14.6. The maximum absolute atomic E-state index is 10.6. The SMILES string of the molecule is CCNC(=NCC1(O)CCC1SCC)NCCOc1ccccc1. The Balaban J connectivity index is 1.76. The Morgan fingerprint density at radius 2 is 2.12 bits per heavy atom. The number of hydrogen-bond donors (Lipinski definition) is 3. The van der Waals surface area contributed by atoms with Gasteiger partial charge in [0.2, 0.25) is 0 Å². The van der Waals surface area contributed by atoms with Crippen LogP contribution < -0.4 is 15.4 Å². The van der Waals surface area contributed by atoms with Crippen molar-refractivity contribution >= 4 is 17.7 Å². The highest BCUT2D eigenvalue weighted by atomic mass is 32.2. The van der Waals surface area contributed by atoms with Crippen LogP contribution in [0.15, 0.2) is 35.3 Å². The lowest BCUT2D eigenvalue weighted by molar-refractivity contribution is -0.0154. The van der Waals surface area contributed by atoms with Gasteiger partial charge in [-0.2, -0.15) is 11.8 Å². The number of aliphatic hydroxyl groups is 1. The fraction of sp³-hybridized carbons (Fsp3) is 0.611. The van der Waals surface area contributed by atoms with Crippen LogP contribution in [0.5, 0.6) is 5.75 Å². The third kappa shape index (κ3) is 5.60. The summed E-state index contributed by atoms with van der Waals surface area (Å²) in [5, 5.41) is 17.4. The fourth-order valence-corrected chi connectivity index (χ4v) is 3.82. The van der Waals surface area contributed by atoms with E-state index < -0.39 is 5.60 Å². The van der Waals surface area contributed by atoms with Crippen LogP contribution in [-0.2, 0) is 0 Å². The molecule has 2 unspecified atom stereocenters. The normalized spacial score (nSPS) is 23.5. The topological polar surface area (TPSA) is 65.9 Å². The number of para-hydroxylation sites is 1. The van der Waals surface area contributed by atoms with Gasteiger partial charge in [-0.3, -0.25) is 4.99 Å². The summed E-state index contributed by atoms with van der Waals surface area (Å²) in [5.74, 6) is 2.63. The monoisotopic (exact) mass is 351 g/mol. The van der Waals surface area contributed by atoms with Crippen molar-refractivity contribution in [3.05, 3.63) is 30.3 Å². The molecule has 134 valence electrons.